The first-order chi connectivity index (χ1) is 4.75. The summed E-state index contributed by atoms with van der Waals surface area (Å²) in [6.45, 7) is 5.71. The van der Waals surface area contributed by atoms with E-state index in [9.17, 15) is 0 Å². The molecule has 0 bridgehead atoms. The van der Waals surface area contributed by atoms with Gasteiger partial charge in [-0.1, -0.05) is 11.9 Å². The maximum Gasteiger partial charge on any atom is 0.0205 e. The van der Waals surface area contributed by atoms with Crippen molar-refractivity contribution in [1.82, 2.24) is 4.90 Å². The van der Waals surface area contributed by atoms with E-state index in [2.05, 4.69) is 18.7 Å². The number of rotatable bonds is 3. The van der Waals surface area contributed by atoms with E-state index >= 15 is 0 Å². The van der Waals surface area contributed by atoms with Crippen LogP contribution in [0.5, 0.6) is 0 Å². The molecule has 0 aromatic carbocycles. The Morgan fingerprint density at radius 2 is 2.10 bits per heavy atom. The Morgan fingerprint density at radius 3 is 2.50 bits per heavy atom. The number of likely N-dealkylation sites (tertiary alicyclic amines) is 1. The lowest BCUT2D eigenvalue weighted by molar-refractivity contribution is 0.0456. The summed E-state index contributed by atoms with van der Waals surface area (Å²) < 4.78 is 0. The summed E-state index contributed by atoms with van der Waals surface area (Å²) >= 11 is 1.44. The van der Waals surface area contributed by atoms with Crippen molar-refractivity contribution in [3.63, 3.8) is 0 Å². The van der Waals surface area contributed by atoms with Crippen LogP contribution < -0.4 is 5.14 Å². The highest BCUT2D eigenvalue weighted by atomic mass is 32.2. The second-order valence-electron chi connectivity index (χ2n) is 3.04. The SMILES string of the molecule is CC1CC(C)N1CCSN. The molecule has 0 amide bonds. The maximum atomic E-state index is 5.34. The van der Waals surface area contributed by atoms with Crippen molar-refractivity contribution in [2.24, 2.45) is 5.14 Å². The van der Waals surface area contributed by atoms with Crippen LogP contribution in [0.15, 0.2) is 0 Å². The van der Waals surface area contributed by atoms with Gasteiger partial charge in [0.05, 0.1) is 0 Å². The largest absolute Gasteiger partial charge is 0.297 e. The predicted molar refractivity (Wildman–Crippen MR) is 46.9 cm³/mol. The fourth-order valence-electron chi connectivity index (χ4n) is 1.66. The van der Waals surface area contributed by atoms with Crippen LogP contribution in [0.2, 0.25) is 0 Å². The maximum absolute atomic E-state index is 5.34. The molecule has 0 aliphatic carbocycles. The topological polar surface area (TPSA) is 29.3 Å². The minimum Gasteiger partial charge on any atom is -0.297 e. The first kappa shape index (κ1) is 8.37. The van der Waals surface area contributed by atoms with Crippen LogP contribution in [-0.2, 0) is 0 Å². The molecule has 2 unspecified atom stereocenters. The van der Waals surface area contributed by atoms with Crippen molar-refractivity contribution < 1.29 is 0 Å². The van der Waals surface area contributed by atoms with E-state index in [-0.39, 0.29) is 0 Å². The zero-order valence-electron chi connectivity index (χ0n) is 6.71. The van der Waals surface area contributed by atoms with Crippen LogP contribution in [0.25, 0.3) is 0 Å². The smallest absolute Gasteiger partial charge is 0.0205 e. The lowest BCUT2D eigenvalue weighted by atomic mass is 9.96. The summed E-state index contributed by atoms with van der Waals surface area (Å²) in [5.74, 6) is 1.06. The summed E-state index contributed by atoms with van der Waals surface area (Å²) in [7, 11) is 0. The van der Waals surface area contributed by atoms with Gasteiger partial charge in [0.2, 0.25) is 0 Å². The molecule has 1 fully saturated rings. The van der Waals surface area contributed by atoms with Crippen LogP contribution in [0.4, 0.5) is 0 Å². The van der Waals surface area contributed by atoms with Gasteiger partial charge >= 0.3 is 0 Å². The van der Waals surface area contributed by atoms with E-state index in [0.29, 0.717) is 0 Å². The molecule has 1 heterocycles. The lowest BCUT2D eigenvalue weighted by Crippen LogP contribution is -2.53. The molecule has 0 spiro atoms. The van der Waals surface area contributed by atoms with Crippen LogP contribution in [0.3, 0.4) is 0 Å². The molecule has 60 valence electrons. The number of hydrogen-bond acceptors (Lipinski definition) is 3. The fourth-order valence-corrected chi connectivity index (χ4v) is 1.98. The predicted octanol–water partition coefficient (Wildman–Crippen LogP) is 1.08. The van der Waals surface area contributed by atoms with E-state index < -0.39 is 0 Å². The molecule has 1 saturated heterocycles. The van der Waals surface area contributed by atoms with Gasteiger partial charge in [0, 0.05) is 24.4 Å². The summed E-state index contributed by atoms with van der Waals surface area (Å²) in [4.78, 5) is 2.50. The van der Waals surface area contributed by atoms with Gasteiger partial charge in [-0.25, -0.2) is 0 Å². The monoisotopic (exact) mass is 160 g/mol. The highest BCUT2D eigenvalue weighted by Gasteiger charge is 2.30. The summed E-state index contributed by atoms with van der Waals surface area (Å²) in [5.41, 5.74) is 0. The van der Waals surface area contributed by atoms with Gasteiger partial charge in [-0.2, -0.15) is 0 Å². The van der Waals surface area contributed by atoms with Crippen molar-refractivity contribution in [2.45, 2.75) is 32.4 Å². The summed E-state index contributed by atoms with van der Waals surface area (Å²) in [5, 5.41) is 5.34. The summed E-state index contributed by atoms with van der Waals surface area (Å²) in [6, 6.07) is 1.59. The lowest BCUT2D eigenvalue weighted by Gasteiger charge is -2.45. The Labute approximate surface area is 67.3 Å². The number of nitrogens with two attached hydrogens (primary N) is 1. The van der Waals surface area contributed by atoms with Gasteiger partial charge in [0.15, 0.2) is 0 Å². The minimum absolute atomic E-state index is 0.794. The zero-order chi connectivity index (χ0) is 7.56. The molecule has 1 rings (SSSR count). The molecule has 2 atom stereocenters. The second kappa shape index (κ2) is 3.60. The van der Waals surface area contributed by atoms with E-state index in [0.717, 1.165) is 24.4 Å². The Balaban J connectivity index is 2.14. The molecule has 1 aliphatic rings. The molecular weight excluding hydrogens is 144 g/mol. The van der Waals surface area contributed by atoms with Crippen molar-refractivity contribution in [3.8, 4) is 0 Å². The first-order valence-corrected chi connectivity index (χ1v) is 4.88. The molecule has 0 radical (unpaired) electrons. The third-order valence-corrected chi connectivity index (χ3v) is 2.70. The molecule has 10 heavy (non-hydrogen) atoms. The molecule has 0 aromatic heterocycles. The highest BCUT2D eigenvalue weighted by Crippen LogP contribution is 2.24. The van der Waals surface area contributed by atoms with Crippen LogP contribution in [0.1, 0.15) is 20.3 Å². The van der Waals surface area contributed by atoms with Gasteiger partial charge < -0.3 is 0 Å². The summed E-state index contributed by atoms with van der Waals surface area (Å²) in [6.07, 6.45) is 1.36. The molecular formula is C7H16N2S. The average Bonchev–Trinajstić information content (AvgIpc) is 1.89. The fraction of sp³-hybridized carbons (Fsp3) is 1.00. The quantitative estimate of drug-likeness (QED) is 0.626. The van der Waals surface area contributed by atoms with Crippen LogP contribution >= 0.6 is 11.9 Å². The standard InChI is InChI=1S/C7H16N2S/c1-6-5-7(2)9(6)3-4-10-8/h6-7H,3-5,8H2,1-2H3. The Hall–Kier alpha value is 0.270. The van der Waals surface area contributed by atoms with E-state index in [4.69, 9.17) is 5.14 Å². The van der Waals surface area contributed by atoms with E-state index in [1.165, 1.54) is 18.4 Å². The normalized spacial score (nSPS) is 33.9. The Bertz CT molecular complexity index is 99.8. The number of hydrogen-bond donors (Lipinski definition) is 1. The van der Waals surface area contributed by atoms with Crippen molar-refractivity contribution in [2.75, 3.05) is 12.3 Å². The highest BCUT2D eigenvalue weighted by molar-refractivity contribution is 7.97. The molecule has 0 aromatic rings. The zero-order valence-corrected chi connectivity index (χ0v) is 7.53. The van der Waals surface area contributed by atoms with Gasteiger partial charge in [-0.3, -0.25) is 10.0 Å². The third kappa shape index (κ3) is 1.65. The minimum atomic E-state index is 0.794. The van der Waals surface area contributed by atoms with E-state index in [1.54, 1.807) is 0 Å². The molecule has 0 saturated carbocycles. The van der Waals surface area contributed by atoms with Crippen molar-refractivity contribution >= 4 is 11.9 Å². The molecule has 1 aliphatic heterocycles. The third-order valence-electron chi connectivity index (χ3n) is 2.28. The Kier molecular flexibility index (Phi) is 3.01. The first-order valence-electron chi connectivity index (χ1n) is 3.83. The van der Waals surface area contributed by atoms with Gasteiger partial charge in [0.25, 0.3) is 0 Å². The van der Waals surface area contributed by atoms with Gasteiger partial charge in [0.1, 0.15) is 0 Å². The van der Waals surface area contributed by atoms with Crippen molar-refractivity contribution in [1.29, 1.82) is 0 Å². The average molecular weight is 160 g/mol. The van der Waals surface area contributed by atoms with Gasteiger partial charge in [-0.05, 0) is 20.3 Å². The molecule has 2 N–H and O–H groups in total. The molecule has 2 nitrogen and oxygen atoms in total. The molecule has 3 heteroatoms. The van der Waals surface area contributed by atoms with E-state index in [1.807, 2.05) is 0 Å². The number of nitrogens with zero attached hydrogens (tertiary/aromatic N) is 1. The second-order valence-corrected chi connectivity index (χ2v) is 3.78. The van der Waals surface area contributed by atoms with Crippen LogP contribution in [0, 0.1) is 0 Å². The van der Waals surface area contributed by atoms with Crippen LogP contribution in [-0.4, -0.2) is 29.3 Å². The van der Waals surface area contributed by atoms with Crippen molar-refractivity contribution in [3.05, 3.63) is 0 Å². The Morgan fingerprint density at radius 1 is 1.50 bits per heavy atom. The van der Waals surface area contributed by atoms with Gasteiger partial charge in [-0.15, -0.1) is 0 Å².